The van der Waals surface area contributed by atoms with Gasteiger partial charge in [0.1, 0.15) is 0 Å². The Morgan fingerprint density at radius 3 is 2.14 bits per heavy atom. The van der Waals surface area contributed by atoms with E-state index in [2.05, 4.69) is 5.32 Å². The molecule has 0 fully saturated rings. The number of hydrogen-bond donors (Lipinski definition) is 2. The Kier molecular flexibility index (Phi) is 7.12. The highest BCUT2D eigenvalue weighted by atomic mass is 35.5. The number of alkyl halides is 2. The maximum Gasteiger partial charge on any atom is 0.240 e. The molecule has 0 aliphatic rings. The smallest absolute Gasteiger partial charge is 0.240 e. The lowest BCUT2D eigenvalue weighted by atomic mass is 10.0. The molecule has 0 bridgehead atoms. The Labute approximate surface area is 129 Å². The van der Waals surface area contributed by atoms with Gasteiger partial charge in [0.2, 0.25) is 6.43 Å². The Morgan fingerprint density at radius 1 is 0.952 bits per heavy atom. The van der Waals surface area contributed by atoms with E-state index in [-0.39, 0.29) is 18.8 Å². The van der Waals surface area contributed by atoms with Crippen molar-refractivity contribution in [3.8, 4) is 0 Å². The molecule has 2 aromatic carbocycles. The zero-order valence-electron chi connectivity index (χ0n) is 11.5. The van der Waals surface area contributed by atoms with Crippen molar-refractivity contribution in [2.24, 2.45) is 5.73 Å². The summed E-state index contributed by atoms with van der Waals surface area (Å²) < 4.78 is 24.5. The maximum atomic E-state index is 12.3. The fourth-order valence-electron chi connectivity index (χ4n) is 1.98. The number of nitrogens with one attached hydrogen (secondary N) is 1. The van der Waals surface area contributed by atoms with Gasteiger partial charge in [0, 0.05) is 24.7 Å². The van der Waals surface area contributed by atoms with Crippen LogP contribution in [-0.4, -0.2) is 6.43 Å². The van der Waals surface area contributed by atoms with E-state index < -0.39 is 12.5 Å². The lowest BCUT2D eigenvalue weighted by Crippen LogP contribution is -2.13. The Morgan fingerprint density at radius 2 is 1.57 bits per heavy atom. The predicted molar refractivity (Wildman–Crippen MR) is 85.0 cm³/mol. The molecule has 3 N–H and O–H groups in total. The molecule has 114 valence electrons. The van der Waals surface area contributed by atoms with Crippen LogP contribution in [0.4, 0.5) is 14.5 Å². The van der Waals surface area contributed by atoms with Crippen LogP contribution < -0.4 is 11.1 Å². The monoisotopic (exact) mass is 312 g/mol. The molecule has 0 aliphatic carbocycles. The van der Waals surface area contributed by atoms with Crippen LogP contribution >= 0.6 is 12.4 Å². The lowest BCUT2D eigenvalue weighted by Gasteiger charge is -2.12. The van der Waals surface area contributed by atoms with Crippen molar-refractivity contribution in [3.63, 3.8) is 0 Å². The highest BCUT2D eigenvalue weighted by Crippen LogP contribution is 2.20. The van der Waals surface area contributed by atoms with E-state index in [1.165, 1.54) is 5.56 Å². The summed E-state index contributed by atoms with van der Waals surface area (Å²) in [6.07, 6.45) is -2.68. The van der Waals surface area contributed by atoms with Crippen molar-refractivity contribution in [2.75, 3.05) is 5.32 Å². The topological polar surface area (TPSA) is 38.0 Å². The molecule has 0 aromatic heterocycles. The molecule has 1 atom stereocenters. The number of anilines is 1. The molecule has 2 nitrogen and oxygen atoms in total. The number of rotatable bonds is 6. The van der Waals surface area contributed by atoms with E-state index in [1.807, 2.05) is 42.5 Å². The summed E-state index contributed by atoms with van der Waals surface area (Å²) >= 11 is 0. The first kappa shape index (κ1) is 17.4. The van der Waals surface area contributed by atoms with Gasteiger partial charge in [-0.25, -0.2) is 8.78 Å². The second-order valence-electron chi connectivity index (χ2n) is 4.69. The number of nitrogens with two attached hydrogens (primary N) is 1. The normalized spacial score (nSPS) is 11.8. The van der Waals surface area contributed by atoms with E-state index >= 15 is 0 Å². The zero-order chi connectivity index (χ0) is 14.4. The molecular weight excluding hydrogens is 294 g/mol. The van der Waals surface area contributed by atoms with Crippen molar-refractivity contribution in [1.29, 1.82) is 0 Å². The van der Waals surface area contributed by atoms with Gasteiger partial charge in [0.25, 0.3) is 0 Å². The highest BCUT2D eigenvalue weighted by molar-refractivity contribution is 5.85. The van der Waals surface area contributed by atoms with E-state index in [9.17, 15) is 8.78 Å². The van der Waals surface area contributed by atoms with E-state index in [1.54, 1.807) is 12.1 Å². The molecular formula is C16H19ClF2N2. The lowest BCUT2D eigenvalue weighted by molar-refractivity contribution is 0.128. The van der Waals surface area contributed by atoms with E-state index in [0.29, 0.717) is 0 Å². The van der Waals surface area contributed by atoms with Crippen molar-refractivity contribution in [1.82, 2.24) is 0 Å². The van der Waals surface area contributed by atoms with Crippen LogP contribution in [0.5, 0.6) is 0 Å². The zero-order valence-corrected chi connectivity index (χ0v) is 12.3. The van der Waals surface area contributed by atoms with E-state index in [4.69, 9.17) is 5.73 Å². The van der Waals surface area contributed by atoms with Gasteiger partial charge in [-0.3, -0.25) is 0 Å². The molecule has 0 aliphatic heterocycles. The first-order valence-corrected chi connectivity index (χ1v) is 6.56. The Balaban J connectivity index is 0.00000220. The number of halogens is 3. The van der Waals surface area contributed by atoms with Gasteiger partial charge in [-0.2, -0.15) is 0 Å². The standard InChI is InChI=1S/C16H18F2N2.ClH/c17-16(18)10-15(19)13-6-8-14(9-7-13)20-11-12-4-2-1-3-5-12;/h1-9,15-16,20H,10-11,19H2;1H/t15-;/m0./s1. The van der Waals surface area contributed by atoms with Crippen LogP contribution in [-0.2, 0) is 6.54 Å². The van der Waals surface area contributed by atoms with Gasteiger partial charge in [-0.15, -0.1) is 12.4 Å². The van der Waals surface area contributed by atoms with Crippen LogP contribution in [0, 0.1) is 0 Å². The fraction of sp³-hybridized carbons (Fsp3) is 0.250. The molecule has 2 rings (SSSR count). The van der Waals surface area contributed by atoms with Crippen LogP contribution in [0.3, 0.4) is 0 Å². The van der Waals surface area contributed by atoms with Gasteiger partial charge >= 0.3 is 0 Å². The minimum absolute atomic E-state index is 0. The molecule has 0 radical (unpaired) electrons. The molecule has 21 heavy (non-hydrogen) atoms. The third kappa shape index (κ3) is 5.69. The summed E-state index contributed by atoms with van der Waals surface area (Å²) in [4.78, 5) is 0. The van der Waals surface area contributed by atoms with Gasteiger partial charge in [-0.1, -0.05) is 42.5 Å². The molecule has 0 saturated heterocycles. The van der Waals surface area contributed by atoms with Gasteiger partial charge < -0.3 is 11.1 Å². The van der Waals surface area contributed by atoms with Gasteiger partial charge in [0.15, 0.2) is 0 Å². The van der Waals surface area contributed by atoms with E-state index in [0.717, 1.165) is 17.8 Å². The molecule has 2 aromatic rings. The minimum atomic E-state index is -2.37. The largest absolute Gasteiger partial charge is 0.381 e. The second-order valence-corrected chi connectivity index (χ2v) is 4.69. The number of benzene rings is 2. The van der Waals surface area contributed by atoms with Crippen LogP contribution in [0.25, 0.3) is 0 Å². The summed E-state index contributed by atoms with van der Waals surface area (Å²) in [7, 11) is 0. The van der Waals surface area contributed by atoms with Crippen LogP contribution in [0.1, 0.15) is 23.6 Å². The van der Waals surface area contributed by atoms with Crippen LogP contribution in [0.2, 0.25) is 0 Å². The molecule has 5 heteroatoms. The summed E-state index contributed by atoms with van der Waals surface area (Å²) in [5.41, 5.74) is 8.57. The highest BCUT2D eigenvalue weighted by Gasteiger charge is 2.12. The average Bonchev–Trinajstić information content (AvgIpc) is 2.46. The predicted octanol–water partition coefficient (Wildman–Crippen LogP) is 4.38. The molecule has 0 amide bonds. The van der Waals surface area contributed by atoms with Crippen molar-refractivity contribution >= 4 is 18.1 Å². The third-order valence-corrected chi connectivity index (χ3v) is 3.11. The first-order chi connectivity index (χ1) is 9.65. The SMILES string of the molecule is Cl.N[C@@H](CC(F)F)c1ccc(NCc2ccccc2)cc1. The summed E-state index contributed by atoms with van der Waals surface area (Å²) in [5, 5.41) is 3.28. The first-order valence-electron chi connectivity index (χ1n) is 6.56. The molecule has 0 saturated carbocycles. The Hall–Kier alpha value is -1.65. The van der Waals surface area contributed by atoms with Crippen molar-refractivity contribution in [3.05, 3.63) is 65.7 Å². The van der Waals surface area contributed by atoms with Crippen LogP contribution in [0.15, 0.2) is 54.6 Å². The number of hydrogen-bond acceptors (Lipinski definition) is 2. The Bertz CT molecular complexity index is 518. The molecule has 0 spiro atoms. The average molecular weight is 313 g/mol. The maximum absolute atomic E-state index is 12.3. The van der Waals surface area contributed by atoms with Gasteiger partial charge in [-0.05, 0) is 23.3 Å². The van der Waals surface area contributed by atoms with Crippen molar-refractivity contribution in [2.45, 2.75) is 25.4 Å². The fourth-order valence-corrected chi connectivity index (χ4v) is 1.98. The summed E-state index contributed by atoms with van der Waals surface area (Å²) in [6, 6.07) is 16.7. The quantitative estimate of drug-likeness (QED) is 0.831. The summed E-state index contributed by atoms with van der Waals surface area (Å²) in [5.74, 6) is 0. The third-order valence-electron chi connectivity index (χ3n) is 3.11. The second kappa shape index (κ2) is 8.60. The van der Waals surface area contributed by atoms with Crippen molar-refractivity contribution < 1.29 is 8.78 Å². The molecule has 0 heterocycles. The van der Waals surface area contributed by atoms with Gasteiger partial charge in [0.05, 0.1) is 0 Å². The molecule has 0 unspecified atom stereocenters. The minimum Gasteiger partial charge on any atom is -0.381 e. The summed E-state index contributed by atoms with van der Waals surface area (Å²) in [6.45, 7) is 0.725.